The molecule has 1 saturated heterocycles. The molecule has 1 aromatic carbocycles. The molecule has 1 atom stereocenters. The van der Waals surface area contributed by atoms with Gasteiger partial charge in [-0.1, -0.05) is 13.0 Å². The summed E-state index contributed by atoms with van der Waals surface area (Å²) in [6.45, 7) is 8.10. The van der Waals surface area contributed by atoms with Crippen LogP contribution in [0.5, 0.6) is 11.5 Å². The van der Waals surface area contributed by atoms with Gasteiger partial charge in [0.25, 0.3) is 0 Å². The second-order valence-corrected chi connectivity index (χ2v) is 6.05. The number of piperidine rings is 1. The summed E-state index contributed by atoms with van der Waals surface area (Å²) in [5, 5.41) is 3.41. The second-order valence-electron chi connectivity index (χ2n) is 6.05. The van der Waals surface area contributed by atoms with E-state index in [-0.39, 0.29) is 0 Å². The molecule has 0 saturated carbocycles. The molecule has 2 rings (SSSR count). The van der Waals surface area contributed by atoms with Crippen molar-refractivity contribution in [3.63, 3.8) is 0 Å². The normalized spacial score (nSPS) is 18.7. The van der Waals surface area contributed by atoms with Crippen LogP contribution in [0.2, 0.25) is 0 Å². The number of methoxy groups -OCH3 is 2. The Morgan fingerprint density at radius 2 is 2.09 bits per heavy atom. The van der Waals surface area contributed by atoms with E-state index in [1.807, 2.05) is 18.2 Å². The van der Waals surface area contributed by atoms with Crippen LogP contribution in [0.3, 0.4) is 0 Å². The molecule has 128 valence electrons. The number of hydrogen-bond acceptors (Lipinski definition) is 3. The third-order valence-corrected chi connectivity index (χ3v) is 4.15. The molecule has 1 fully saturated rings. The van der Waals surface area contributed by atoms with Gasteiger partial charge in [-0.15, -0.1) is 0 Å². The van der Waals surface area contributed by atoms with E-state index in [4.69, 9.17) is 14.5 Å². The minimum Gasteiger partial charge on any atom is -0.493 e. The van der Waals surface area contributed by atoms with E-state index in [1.165, 1.54) is 12.8 Å². The van der Waals surface area contributed by atoms with Crippen molar-refractivity contribution in [3.05, 3.63) is 23.8 Å². The van der Waals surface area contributed by atoms with Crippen LogP contribution in [0, 0.1) is 5.92 Å². The fraction of sp³-hybridized carbons (Fsp3) is 0.611. The van der Waals surface area contributed by atoms with E-state index < -0.39 is 0 Å². The highest BCUT2D eigenvalue weighted by Gasteiger charge is 2.19. The number of ether oxygens (including phenoxy) is 2. The first-order valence-corrected chi connectivity index (χ1v) is 8.42. The van der Waals surface area contributed by atoms with Crippen LogP contribution in [-0.2, 0) is 6.54 Å². The van der Waals surface area contributed by atoms with Gasteiger partial charge in [0.1, 0.15) is 0 Å². The first kappa shape index (κ1) is 17.4. The number of guanidine groups is 1. The number of nitrogens with one attached hydrogen (secondary N) is 1. The molecule has 1 aromatic rings. The number of rotatable bonds is 5. The first-order valence-electron chi connectivity index (χ1n) is 8.42. The van der Waals surface area contributed by atoms with Gasteiger partial charge in [0.2, 0.25) is 0 Å². The van der Waals surface area contributed by atoms with Crippen molar-refractivity contribution in [3.8, 4) is 11.5 Å². The van der Waals surface area contributed by atoms with Crippen LogP contribution < -0.4 is 14.8 Å². The lowest BCUT2D eigenvalue weighted by Gasteiger charge is -2.33. The molecule has 0 amide bonds. The lowest BCUT2D eigenvalue weighted by molar-refractivity contribution is 0.266. The molecule has 0 radical (unpaired) electrons. The average molecular weight is 319 g/mol. The van der Waals surface area contributed by atoms with E-state index >= 15 is 0 Å². The molecule has 1 aliphatic rings. The fourth-order valence-electron chi connectivity index (χ4n) is 2.95. The summed E-state index contributed by atoms with van der Waals surface area (Å²) >= 11 is 0. The fourth-order valence-corrected chi connectivity index (χ4v) is 2.95. The zero-order chi connectivity index (χ0) is 16.7. The quantitative estimate of drug-likeness (QED) is 0.669. The minimum atomic E-state index is 0.633. The topological polar surface area (TPSA) is 46.1 Å². The standard InChI is InChI=1S/C18H29N3O2/c1-5-19-18(21-10-6-7-14(2)13-21)20-12-15-8-9-16(22-3)17(11-15)23-4/h8-9,11,14H,5-7,10,12-13H2,1-4H3,(H,19,20). The summed E-state index contributed by atoms with van der Waals surface area (Å²) in [5.74, 6) is 3.23. The molecule has 0 bridgehead atoms. The highest BCUT2D eigenvalue weighted by Crippen LogP contribution is 2.27. The minimum absolute atomic E-state index is 0.633. The Bertz CT molecular complexity index is 531. The van der Waals surface area contributed by atoms with Crippen molar-refractivity contribution in [2.75, 3.05) is 33.9 Å². The van der Waals surface area contributed by atoms with Crippen LogP contribution in [0.15, 0.2) is 23.2 Å². The van der Waals surface area contributed by atoms with E-state index in [1.54, 1.807) is 14.2 Å². The summed E-state index contributed by atoms with van der Waals surface area (Å²) in [6.07, 6.45) is 2.55. The second kappa shape index (κ2) is 8.65. The van der Waals surface area contributed by atoms with Gasteiger partial charge in [0, 0.05) is 19.6 Å². The number of likely N-dealkylation sites (tertiary alicyclic amines) is 1. The van der Waals surface area contributed by atoms with E-state index in [0.717, 1.165) is 48.6 Å². The van der Waals surface area contributed by atoms with Crippen molar-refractivity contribution < 1.29 is 9.47 Å². The van der Waals surface area contributed by atoms with Gasteiger partial charge in [0.05, 0.1) is 20.8 Å². The maximum atomic E-state index is 5.36. The van der Waals surface area contributed by atoms with Crippen LogP contribution in [-0.4, -0.2) is 44.7 Å². The van der Waals surface area contributed by atoms with Crippen LogP contribution in [0.1, 0.15) is 32.3 Å². The molecule has 5 nitrogen and oxygen atoms in total. The molecule has 1 unspecified atom stereocenters. The maximum Gasteiger partial charge on any atom is 0.194 e. The Kier molecular flexibility index (Phi) is 6.56. The third kappa shape index (κ3) is 4.78. The van der Waals surface area contributed by atoms with Gasteiger partial charge in [-0.2, -0.15) is 0 Å². The number of nitrogens with zero attached hydrogens (tertiary/aromatic N) is 2. The molecule has 0 aliphatic carbocycles. The molecule has 0 spiro atoms. The molecule has 5 heteroatoms. The molecule has 1 N–H and O–H groups in total. The molecule has 0 aromatic heterocycles. The Morgan fingerprint density at radius 1 is 1.30 bits per heavy atom. The van der Waals surface area contributed by atoms with Gasteiger partial charge in [-0.05, 0) is 43.4 Å². The van der Waals surface area contributed by atoms with Gasteiger partial charge in [0.15, 0.2) is 17.5 Å². The summed E-state index contributed by atoms with van der Waals surface area (Å²) in [4.78, 5) is 7.18. The van der Waals surface area contributed by atoms with E-state index in [0.29, 0.717) is 6.54 Å². The van der Waals surface area contributed by atoms with Gasteiger partial charge >= 0.3 is 0 Å². The molecular weight excluding hydrogens is 290 g/mol. The van der Waals surface area contributed by atoms with E-state index in [9.17, 15) is 0 Å². The number of aliphatic imine (C=N–C) groups is 1. The lowest BCUT2D eigenvalue weighted by atomic mass is 10.0. The maximum absolute atomic E-state index is 5.36. The van der Waals surface area contributed by atoms with Crippen molar-refractivity contribution >= 4 is 5.96 Å². The Balaban J connectivity index is 2.10. The molecule has 1 heterocycles. The van der Waals surface area contributed by atoms with Gasteiger partial charge < -0.3 is 19.7 Å². The zero-order valence-corrected chi connectivity index (χ0v) is 14.8. The predicted molar refractivity (Wildman–Crippen MR) is 94.3 cm³/mol. The Morgan fingerprint density at radius 3 is 2.74 bits per heavy atom. The van der Waals surface area contributed by atoms with Crippen molar-refractivity contribution in [2.24, 2.45) is 10.9 Å². The molecular formula is C18H29N3O2. The SMILES string of the molecule is CCNC(=NCc1ccc(OC)c(OC)c1)N1CCCC(C)C1. The van der Waals surface area contributed by atoms with Gasteiger partial charge in [-0.25, -0.2) is 4.99 Å². The summed E-state index contributed by atoms with van der Waals surface area (Å²) in [5.41, 5.74) is 1.11. The van der Waals surface area contributed by atoms with Crippen LogP contribution in [0.25, 0.3) is 0 Å². The van der Waals surface area contributed by atoms with Gasteiger partial charge in [-0.3, -0.25) is 0 Å². The largest absolute Gasteiger partial charge is 0.493 e. The smallest absolute Gasteiger partial charge is 0.194 e. The van der Waals surface area contributed by atoms with Crippen molar-refractivity contribution in [2.45, 2.75) is 33.2 Å². The highest BCUT2D eigenvalue weighted by molar-refractivity contribution is 5.80. The summed E-state index contributed by atoms with van der Waals surface area (Å²) < 4.78 is 10.6. The predicted octanol–water partition coefficient (Wildman–Crippen LogP) is 2.90. The lowest BCUT2D eigenvalue weighted by Crippen LogP contribution is -2.46. The number of hydrogen-bond donors (Lipinski definition) is 1. The molecule has 1 aliphatic heterocycles. The van der Waals surface area contributed by atoms with Crippen molar-refractivity contribution in [1.82, 2.24) is 10.2 Å². The zero-order valence-electron chi connectivity index (χ0n) is 14.8. The highest BCUT2D eigenvalue weighted by atomic mass is 16.5. The average Bonchev–Trinajstić information content (AvgIpc) is 2.58. The molecule has 23 heavy (non-hydrogen) atoms. The Labute approximate surface area is 139 Å². The van der Waals surface area contributed by atoms with Crippen molar-refractivity contribution in [1.29, 1.82) is 0 Å². The monoisotopic (exact) mass is 319 g/mol. The third-order valence-electron chi connectivity index (χ3n) is 4.15. The van der Waals surface area contributed by atoms with Crippen LogP contribution >= 0.6 is 0 Å². The Hall–Kier alpha value is -1.91. The number of benzene rings is 1. The van der Waals surface area contributed by atoms with E-state index in [2.05, 4.69) is 24.1 Å². The van der Waals surface area contributed by atoms with Crippen LogP contribution in [0.4, 0.5) is 0 Å². The summed E-state index contributed by atoms with van der Waals surface area (Å²) in [6, 6.07) is 5.96. The first-order chi connectivity index (χ1) is 11.2. The summed E-state index contributed by atoms with van der Waals surface area (Å²) in [7, 11) is 3.31.